The van der Waals surface area contributed by atoms with Crippen LogP contribution in [-0.2, 0) is 22.4 Å². The lowest BCUT2D eigenvalue weighted by Crippen LogP contribution is -2.56. The summed E-state index contributed by atoms with van der Waals surface area (Å²) in [5.41, 5.74) is 3.98. The van der Waals surface area contributed by atoms with Gasteiger partial charge < -0.3 is 19.5 Å². The minimum atomic E-state index is -0.581. The maximum atomic E-state index is 13.4. The Labute approximate surface area is 163 Å². The molecule has 6 nitrogen and oxygen atoms in total. The lowest BCUT2D eigenvalue weighted by atomic mass is 9.95. The van der Waals surface area contributed by atoms with Crippen molar-refractivity contribution in [3.63, 3.8) is 0 Å². The molecule has 3 fully saturated rings. The Hall–Kier alpha value is -2.34. The fourth-order valence-electron chi connectivity index (χ4n) is 5.90. The number of carbonyl (C=O) groups excluding carboxylic acids is 2. The van der Waals surface area contributed by atoms with Gasteiger partial charge in [-0.2, -0.15) is 0 Å². The van der Waals surface area contributed by atoms with E-state index in [4.69, 9.17) is 4.74 Å². The van der Waals surface area contributed by atoms with Crippen molar-refractivity contribution in [3.8, 4) is 0 Å². The summed E-state index contributed by atoms with van der Waals surface area (Å²) in [6, 6.07) is 5.85. The smallest absolute Gasteiger partial charge is 0.254 e. The first-order valence-electron chi connectivity index (χ1n) is 10.6. The molecule has 3 saturated heterocycles. The van der Waals surface area contributed by atoms with Gasteiger partial charge >= 0.3 is 0 Å². The first-order chi connectivity index (χ1) is 13.7. The molecule has 0 radical (unpaired) electrons. The number of carbonyl (C=O) groups is 2. The predicted octanol–water partition coefficient (Wildman–Crippen LogP) is 2.61. The van der Waals surface area contributed by atoms with Crippen molar-refractivity contribution in [3.05, 3.63) is 35.0 Å². The molecule has 146 valence electrons. The number of hydrogen-bond acceptors (Lipinski definition) is 3. The monoisotopic (exact) mass is 379 g/mol. The molecule has 4 aliphatic rings. The first kappa shape index (κ1) is 16.6. The number of aryl methyl sites for hydroxylation is 2. The van der Waals surface area contributed by atoms with Crippen molar-refractivity contribution in [1.29, 1.82) is 0 Å². The van der Waals surface area contributed by atoms with Crippen LogP contribution in [0.5, 0.6) is 0 Å². The van der Waals surface area contributed by atoms with Crippen molar-refractivity contribution in [2.24, 2.45) is 0 Å². The van der Waals surface area contributed by atoms with E-state index in [2.05, 4.69) is 11.1 Å². The SMILES string of the molecule is O=C(c1ccc2[nH]c3c(c2c1)CCCC3)N1CC[C@@]23OCCCN2C(=O)C[C@@H]13. The van der Waals surface area contributed by atoms with Crippen LogP contribution in [0.3, 0.4) is 0 Å². The lowest BCUT2D eigenvalue weighted by Gasteiger charge is -2.42. The molecule has 3 aliphatic heterocycles. The molecule has 2 amide bonds. The molecular weight excluding hydrogens is 354 g/mol. The third-order valence-corrected chi connectivity index (χ3v) is 7.22. The van der Waals surface area contributed by atoms with Crippen LogP contribution in [0.2, 0.25) is 0 Å². The fourth-order valence-corrected chi connectivity index (χ4v) is 5.90. The number of fused-ring (bicyclic) bond motifs is 3. The molecule has 1 spiro atoms. The summed E-state index contributed by atoms with van der Waals surface area (Å²) in [5, 5.41) is 1.19. The maximum Gasteiger partial charge on any atom is 0.254 e. The van der Waals surface area contributed by atoms with Gasteiger partial charge in [-0.3, -0.25) is 9.59 Å². The van der Waals surface area contributed by atoms with Crippen LogP contribution < -0.4 is 0 Å². The summed E-state index contributed by atoms with van der Waals surface area (Å²) < 4.78 is 6.14. The van der Waals surface area contributed by atoms with Crippen molar-refractivity contribution >= 4 is 22.7 Å². The van der Waals surface area contributed by atoms with Gasteiger partial charge in [0.2, 0.25) is 5.91 Å². The molecule has 2 atom stereocenters. The van der Waals surface area contributed by atoms with E-state index in [-0.39, 0.29) is 17.9 Å². The Morgan fingerprint density at radius 1 is 1.18 bits per heavy atom. The summed E-state index contributed by atoms with van der Waals surface area (Å²) in [4.78, 5) is 33.3. The molecule has 0 unspecified atom stereocenters. The van der Waals surface area contributed by atoms with Crippen molar-refractivity contribution in [1.82, 2.24) is 14.8 Å². The molecule has 6 heteroatoms. The van der Waals surface area contributed by atoms with Crippen LogP contribution in [-0.4, -0.2) is 58.1 Å². The highest BCUT2D eigenvalue weighted by Crippen LogP contribution is 2.45. The zero-order valence-corrected chi connectivity index (χ0v) is 16.0. The molecular formula is C22H25N3O3. The molecule has 28 heavy (non-hydrogen) atoms. The number of nitrogens with one attached hydrogen (secondary N) is 1. The van der Waals surface area contributed by atoms with Gasteiger partial charge in [-0.25, -0.2) is 0 Å². The van der Waals surface area contributed by atoms with Crippen LogP contribution in [0.4, 0.5) is 0 Å². The van der Waals surface area contributed by atoms with E-state index in [1.165, 1.54) is 29.5 Å². The van der Waals surface area contributed by atoms with Crippen LogP contribution in [0, 0.1) is 0 Å². The zero-order valence-electron chi connectivity index (χ0n) is 16.0. The second-order valence-electron chi connectivity index (χ2n) is 8.61. The quantitative estimate of drug-likeness (QED) is 0.828. The standard InChI is InChI=1S/C22H25N3O3/c26-20-13-19-22(25(20)9-3-11-28-22)8-10-24(19)21(27)14-6-7-18-16(12-14)15-4-1-2-5-17(15)23-18/h6-7,12,19,23H,1-5,8-11,13H2/t19-,22+/m1/s1. The van der Waals surface area contributed by atoms with Crippen molar-refractivity contribution in [2.45, 2.75) is 56.7 Å². The van der Waals surface area contributed by atoms with Gasteiger partial charge in [0, 0.05) is 41.7 Å². The van der Waals surface area contributed by atoms with Gasteiger partial charge in [-0.1, -0.05) is 0 Å². The van der Waals surface area contributed by atoms with Crippen LogP contribution >= 0.6 is 0 Å². The second-order valence-corrected chi connectivity index (χ2v) is 8.61. The Bertz CT molecular complexity index is 996. The second kappa shape index (κ2) is 5.83. The van der Waals surface area contributed by atoms with Crippen LogP contribution in [0.25, 0.3) is 10.9 Å². The minimum Gasteiger partial charge on any atom is -0.358 e. The highest BCUT2D eigenvalue weighted by atomic mass is 16.5. The van der Waals surface area contributed by atoms with Gasteiger partial charge in [0.1, 0.15) is 0 Å². The van der Waals surface area contributed by atoms with E-state index in [1.807, 2.05) is 21.9 Å². The number of benzene rings is 1. The third kappa shape index (κ3) is 2.12. The molecule has 0 bridgehead atoms. The van der Waals surface area contributed by atoms with Gasteiger partial charge in [0.25, 0.3) is 5.91 Å². The number of amides is 2. The van der Waals surface area contributed by atoms with E-state index >= 15 is 0 Å². The van der Waals surface area contributed by atoms with Gasteiger partial charge in [0.15, 0.2) is 5.72 Å². The van der Waals surface area contributed by atoms with Gasteiger partial charge in [-0.15, -0.1) is 0 Å². The lowest BCUT2D eigenvalue weighted by molar-refractivity contribution is -0.179. The summed E-state index contributed by atoms with van der Waals surface area (Å²) in [5.74, 6) is 0.149. The molecule has 6 rings (SSSR count). The maximum absolute atomic E-state index is 13.4. The summed E-state index contributed by atoms with van der Waals surface area (Å²) in [6.07, 6.45) is 6.60. The third-order valence-electron chi connectivity index (χ3n) is 7.22. The summed E-state index contributed by atoms with van der Waals surface area (Å²) >= 11 is 0. The van der Waals surface area contributed by atoms with Crippen LogP contribution in [0.1, 0.15) is 53.7 Å². The van der Waals surface area contributed by atoms with Crippen LogP contribution in [0.15, 0.2) is 18.2 Å². The van der Waals surface area contributed by atoms with Crippen molar-refractivity contribution in [2.75, 3.05) is 19.7 Å². The number of nitrogens with zero attached hydrogens (tertiary/aromatic N) is 2. The highest BCUT2D eigenvalue weighted by molar-refractivity contribution is 6.00. The Morgan fingerprint density at radius 3 is 3.00 bits per heavy atom. The Morgan fingerprint density at radius 2 is 2.07 bits per heavy atom. The van der Waals surface area contributed by atoms with E-state index in [9.17, 15) is 9.59 Å². The number of hydrogen-bond donors (Lipinski definition) is 1. The normalized spacial score (nSPS) is 29.1. The Kier molecular flexibility index (Phi) is 3.46. The average Bonchev–Trinajstić information content (AvgIpc) is 3.34. The largest absolute Gasteiger partial charge is 0.358 e. The number of H-pyrrole nitrogens is 1. The minimum absolute atomic E-state index is 0.0263. The molecule has 1 aromatic heterocycles. The molecule has 2 aromatic rings. The number of likely N-dealkylation sites (tertiary alicyclic amines) is 1. The topological polar surface area (TPSA) is 65.6 Å². The number of aromatic amines is 1. The van der Waals surface area contributed by atoms with Gasteiger partial charge in [-0.05, 0) is 55.9 Å². The molecule has 0 saturated carbocycles. The summed E-state index contributed by atoms with van der Waals surface area (Å²) in [7, 11) is 0. The molecule has 1 aromatic carbocycles. The van der Waals surface area contributed by atoms with E-state index < -0.39 is 5.72 Å². The number of aromatic nitrogens is 1. The van der Waals surface area contributed by atoms with E-state index in [0.717, 1.165) is 43.3 Å². The zero-order chi connectivity index (χ0) is 18.9. The molecule has 1 N–H and O–H groups in total. The van der Waals surface area contributed by atoms with E-state index in [1.54, 1.807) is 0 Å². The predicted molar refractivity (Wildman–Crippen MR) is 104 cm³/mol. The fraction of sp³-hybridized carbons (Fsp3) is 0.545. The Balaban J connectivity index is 1.35. The van der Waals surface area contributed by atoms with E-state index in [0.29, 0.717) is 19.6 Å². The average molecular weight is 379 g/mol. The van der Waals surface area contributed by atoms with Crippen molar-refractivity contribution < 1.29 is 14.3 Å². The van der Waals surface area contributed by atoms with Gasteiger partial charge in [0.05, 0.1) is 19.1 Å². The highest BCUT2D eigenvalue weighted by Gasteiger charge is 2.61. The number of ether oxygens (including phenoxy) is 1. The summed E-state index contributed by atoms with van der Waals surface area (Å²) in [6.45, 7) is 2.07. The molecule has 1 aliphatic carbocycles. The molecule has 4 heterocycles. The number of rotatable bonds is 1. The first-order valence-corrected chi connectivity index (χ1v) is 10.6.